The summed E-state index contributed by atoms with van der Waals surface area (Å²) in [6.45, 7) is 0.852. The molecule has 20 heavy (non-hydrogen) atoms. The molecule has 1 N–H and O–H groups in total. The van der Waals surface area contributed by atoms with Crippen LogP contribution in [0.25, 0.3) is 16.9 Å². The zero-order valence-corrected chi connectivity index (χ0v) is 11.3. The van der Waals surface area contributed by atoms with E-state index in [4.69, 9.17) is 0 Å². The lowest BCUT2D eigenvalue weighted by molar-refractivity contribution is 0.816. The van der Waals surface area contributed by atoms with Gasteiger partial charge in [-0.05, 0) is 36.9 Å². The van der Waals surface area contributed by atoms with Gasteiger partial charge >= 0.3 is 0 Å². The van der Waals surface area contributed by atoms with Crippen LogP contribution in [0.15, 0.2) is 61.3 Å². The smallest absolute Gasteiger partial charge is 0.0997 e. The molecule has 0 saturated carbocycles. The molecule has 0 bridgehead atoms. The van der Waals surface area contributed by atoms with Crippen LogP contribution in [0.4, 0.5) is 0 Å². The quantitative estimate of drug-likeness (QED) is 0.787. The van der Waals surface area contributed by atoms with Crippen LogP contribution in [-0.2, 0) is 6.54 Å². The number of aromatic nitrogens is 3. The summed E-state index contributed by atoms with van der Waals surface area (Å²) in [5.41, 5.74) is 4.45. The molecule has 2 heterocycles. The molecule has 0 aliphatic rings. The first-order chi connectivity index (χ1) is 9.88. The van der Waals surface area contributed by atoms with Crippen molar-refractivity contribution >= 4 is 0 Å². The molecule has 3 rings (SSSR count). The van der Waals surface area contributed by atoms with E-state index >= 15 is 0 Å². The molecular formula is C16H16N4. The van der Waals surface area contributed by atoms with Crippen LogP contribution in [0.3, 0.4) is 0 Å². The molecule has 4 heteroatoms. The molecule has 0 spiro atoms. The SMILES string of the molecule is CNCc1cccc(-n2cncc2-c2cccnc2)c1. The molecule has 0 aliphatic carbocycles. The summed E-state index contributed by atoms with van der Waals surface area (Å²) in [6.07, 6.45) is 7.32. The maximum Gasteiger partial charge on any atom is 0.0997 e. The van der Waals surface area contributed by atoms with E-state index in [1.807, 2.05) is 37.9 Å². The topological polar surface area (TPSA) is 42.7 Å². The predicted molar refractivity (Wildman–Crippen MR) is 79.6 cm³/mol. The molecule has 0 atom stereocenters. The zero-order valence-electron chi connectivity index (χ0n) is 11.3. The molecule has 0 unspecified atom stereocenters. The Kier molecular flexibility index (Phi) is 3.56. The summed E-state index contributed by atoms with van der Waals surface area (Å²) in [4.78, 5) is 8.44. The largest absolute Gasteiger partial charge is 0.316 e. The number of hydrogen-bond donors (Lipinski definition) is 1. The Morgan fingerprint density at radius 2 is 2.05 bits per heavy atom. The van der Waals surface area contributed by atoms with Crippen LogP contribution >= 0.6 is 0 Å². The monoisotopic (exact) mass is 264 g/mol. The van der Waals surface area contributed by atoms with Gasteiger partial charge in [0.2, 0.25) is 0 Å². The Morgan fingerprint density at radius 1 is 1.10 bits per heavy atom. The normalized spacial score (nSPS) is 10.7. The number of rotatable bonds is 4. The second kappa shape index (κ2) is 5.67. The van der Waals surface area contributed by atoms with Crippen LogP contribution in [0, 0.1) is 0 Å². The van der Waals surface area contributed by atoms with Crippen molar-refractivity contribution < 1.29 is 0 Å². The van der Waals surface area contributed by atoms with E-state index in [2.05, 4.69) is 44.1 Å². The van der Waals surface area contributed by atoms with Crippen molar-refractivity contribution in [1.82, 2.24) is 19.9 Å². The Balaban J connectivity index is 2.04. The maximum absolute atomic E-state index is 4.27. The first-order valence-corrected chi connectivity index (χ1v) is 6.55. The van der Waals surface area contributed by atoms with E-state index in [0.717, 1.165) is 23.5 Å². The third kappa shape index (κ3) is 2.46. The van der Waals surface area contributed by atoms with E-state index in [9.17, 15) is 0 Å². The highest BCUT2D eigenvalue weighted by atomic mass is 15.0. The number of nitrogens with one attached hydrogen (secondary N) is 1. The van der Waals surface area contributed by atoms with Crippen molar-refractivity contribution in [3.8, 4) is 16.9 Å². The lowest BCUT2D eigenvalue weighted by atomic mass is 10.1. The van der Waals surface area contributed by atoms with Gasteiger partial charge < -0.3 is 5.32 Å². The van der Waals surface area contributed by atoms with Gasteiger partial charge in [0, 0.05) is 30.2 Å². The van der Waals surface area contributed by atoms with Crippen molar-refractivity contribution in [3.05, 3.63) is 66.9 Å². The Hall–Kier alpha value is -2.46. The van der Waals surface area contributed by atoms with Crippen molar-refractivity contribution in [2.75, 3.05) is 7.05 Å². The molecule has 0 aliphatic heterocycles. The van der Waals surface area contributed by atoms with E-state index in [1.54, 1.807) is 6.20 Å². The summed E-state index contributed by atoms with van der Waals surface area (Å²) >= 11 is 0. The van der Waals surface area contributed by atoms with Gasteiger partial charge in [0.05, 0.1) is 18.2 Å². The van der Waals surface area contributed by atoms with Crippen LogP contribution < -0.4 is 5.32 Å². The standard InChI is InChI=1S/C16H16N4/c1-17-9-13-4-2-6-15(8-13)20-12-19-11-16(20)14-5-3-7-18-10-14/h2-8,10-12,17H,9H2,1H3. The van der Waals surface area contributed by atoms with E-state index in [1.165, 1.54) is 5.56 Å². The second-order valence-corrected chi connectivity index (χ2v) is 4.59. The maximum atomic E-state index is 4.27. The van der Waals surface area contributed by atoms with Crippen LogP contribution in [-0.4, -0.2) is 21.6 Å². The summed E-state index contributed by atoms with van der Waals surface area (Å²) in [5, 5.41) is 3.17. The molecule has 4 nitrogen and oxygen atoms in total. The Morgan fingerprint density at radius 3 is 2.85 bits per heavy atom. The van der Waals surface area contributed by atoms with Gasteiger partial charge in [0.15, 0.2) is 0 Å². The zero-order chi connectivity index (χ0) is 13.8. The minimum Gasteiger partial charge on any atom is -0.316 e. The number of imidazole rings is 1. The van der Waals surface area contributed by atoms with Crippen LogP contribution in [0.1, 0.15) is 5.56 Å². The lowest BCUT2D eigenvalue weighted by Gasteiger charge is -2.09. The van der Waals surface area contributed by atoms with Gasteiger partial charge in [0.1, 0.15) is 0 Å². The molecule has 0 saturated heterocycles. The summed E-state index contributed by atoms with van der Waals surface area (Å²) in [5.74, 6) is 0. The van der Waals surface area contributed by atoms with E-state index in [0.29, 0.717) is 0 Å². The average molecular weight is 264 g/mol. The molecule has 3 aromatic rings. The Bertz CT molecular complexity index is 688. The van der Waals surface area contributed by atoms with E-state index < -0.39 is 0 Å². The molecular weight excluding hydrogens is 248 g/mol. The van der Waals surface area contributed by atoms with Crippen molar-refractivity contribution in [2.24, 2.45) is 0 Å². The summed E-state index contributed by atoms with van der Waals surface area (Å²) < 4.78 is 2.08. The summed E-state index contributed by atoms with van der Waals surface area (Å²) in [7, 11) is 1.95. The third-order valence-electron chi connectivity index (χ3n) is 3.17. The lowest BCUT2D eigenvalue weighted by Crippen LogP contribution is -2.05. The highest BCUT2D eigenvalue weighted by molar-refractivity contribution is 5.60. The Labute approximate surface area is 118 Å². The van der Waals surface area contributed by atoms with Gasteiger partial charge in [-0.25, -0.2) is 4.98 Å². The van der Waals surface area contributed by atoms with Gasteiger partial charge in [-0.3, -0.25) is 9.55 Å². The van der Waals surface area contributed by atoms with Gasteiger partial charge in [0.25, 0.3) is 0 Å². The fraction of sp³-hybridized carbons (Fsp3) is 0.125. The molecule has 0 radical (unpaired) electrons. The van der Waals surface area contributed by atoms with Crippen molar-refractivity contribution in [2.45, 2.75) is 6.54 Å². The molecule has 2 aromatic heterocycles. The first kappa shape index (κ1) is 12.6. The molecule has 0 amide bonds. The number of hydrogen-bond acceptors (Lipinski definition) is 3. The second-order valence-electron chi connectivity index (χ2n) is 4.59. The molecule has 1 aromatic carbocycles. The van der Waals surface area contributed by atoms with Crippen molar-refractivity contribution in [1.29, 1.82) is 0 Å². The fourth-order valence-electron chi connectivity index (χ4n) is 2.25. The summed E-state index contributed by atoms with van der Waals surface area (Å²) in [6, 6.07) is 12.4. The van der Waals surface area contributed by atoms with Crippen LogP contribution in [0.2, 0.25) is 0 Å². The fourth-order valence-corrected chi connectivity index (χ4v) is 2.25. The van der Waals surface area contributed by atoms with E-state index in [-0.39, 0.29) is 0 Å². The van der Waals surface area contributed by atoms with Crippen LogP contribution in [0.5, 0.6) is 0 Å². The highest BCUT2D eigenvalue weighted by Crippen LogP contribution is 2.22. The molecule has 0 fully saturated rings. The minimum atomic E-state index is 0.852. The van der Waals surface area contributed by atoms with Gasteiger partial charge in [-0.2, -0.15) is 0 Å². The number of pyridine rings is 1. The number of nitrogens with zero attached hydrogens (tertiary/aromatic N) is 3. The van der Waals surface area contributed by atoms with Crippen molar-refractivity contribution in [3.63, 3.8) is 0 Å². The van der Waals surface area contributed by atoms with Gasteiger partial charge in [-0.1, -0.05) is 12.1 Å². The molecule has 100 valence electrons. The minimum absolute atomic E-state index is 0.852. The number of benzene rings is 1. The predicted octanol–water partition coefficient (Wildman–Crippen LogP) is 2.65. The average Bonchev–Trinajstić information content (AvgIpc) is 2.98. The highest BCUT2D eigenvalue weighted by Gasteiger charge is 2.07. The third-order valence-corrected chi connectivity index (χ3v) is 3.17. The van der Waals surface area contributed by atoms with Gasteiger partial charge in [-0.15, -0.1) is 0 Å². The first-order valence-electron chi connectivity index (χ1n) is 6.55.